The van der Waals surface area contributed by atoms with E-state index in [9.17, 15) is 0 Å². The van der Waals surface area contributed by atoms with Crippen molar-refractivity contribution in [1.82, 2.24) is 9.97 Å². The number of rotatable bonds is 7. The number of nitrogens with one attached hydrogen (secondary N) is 1. The molecule has 24 heavy (non-hydrogen) atoms. The summed E-state index contributed by atoms with van der Waals surface area (Å²) in [4.78, 5) is 8.70. The van der Waals surface area contributed by atoms with Crippen LogP contribution in [0.3, 0.4) is 0 Å². The second kappa shape index (κ2) is 8.02. The number of halogens is 1. The second-order valence-corrected chi connectivity index (χ2v) is 5.63. The van der Waals surface area contributed by atoms with Gasteiger partial charge in [-0.05, 0) is 31.4 Å². The van der Waals surface area contributed by atoms with Gasteiger partial charge < -0.3 is 14.8 Å². The minimum atomic E-state index is 0.537. The summed E-state index contributed by atoms with van der Waals surface area (Å²) in [6.07, 6.45) is 11.5. The summed E-state index contributed by atoms with van der Waals surface area (Å²) in [6, 6.07) is 3.76. The normalized spacial score (nSPS) is 13.7. The van der Waals surface area contributed by atoms with Gasteiger partial charge in [0.05, 0.1) is 19.2 Å². The van der Waals surface area contributed by atoms with Crippen LogP contribution in [0.15, 0.2) is 42.4 Å². The van der Waals surface area contributed by atoms with Gasteiger partial charge in [0.1, 0.15) is 12.1 Å². The van der Waals surface area contributed by atoms with E-state index >= 15 is 0 Å². The number of allylic oxidation sites excluding steroid dienone is 3. The second-order valence-electron chi connectivity index (χ2n) is 5.25. The van der Waals surface area contributed by atoms with Crippen molar-refractivity contribution in [2.75, 3.05) is 24.9 Å². The van der Waals surface area contributed by atoms with Crippen LogP contribution in [-0.2, 0) is 0 Å². The number of hydrogen-bond donors (Lipinski definition) is 1. The Morgan fingerprint density at radius 1 is 1.25 bits per heavy atom. The molecule has 2 aromatic rings. The van der Waals surface area contributed by atoms with Crippen LogP contribution in [0.1, 0.15) is 12.8 Å². The first-order valence-electron chi connectivity index (χ1n) is 7.80. The number of ether oxygens (including phenoxy) is 2. The van der Waals surface area contributed by atoms with Crippen LogP contribution in [0.5, 0.6) is 11.5 Å². The highest BCUT2D eigenvalue weighted by Crippen LogP contribution is 2.34. The smallest absolute Gasteiger partial charge is 0.163 e. The quantitative estimate of drug-likeness (QED) is 0.605. The Hall–Kier alpha value is -2.27. The molecule has 0 spiro atoms. The van der Waals surface area contributed by atoms with Crippen LogP contribution in [0.25, 0.3) is 10.9 Å². The lowest BCUT2D eigenvalue weighted by Crippen LogP contribution is -2.04. The summed E-state index contributed by atoms with van der Waals surface area (Å²) in [5, 5.41) is 4.21. The maximum absolute atomic E-state index is 5.75. The molecular formula is C18H19ClN3O2. The van der Waals surface area contributed by atoms with Crippen LogP contribution >= 0.6 is 11.6 Å². The zero-order valence-corrected chi connectivity index (χ0v) is 14.2. The Bertz CT molecular complexity index is 774. The molecule has 0 fully saturated rings. The van der Waals surface area contributed by atoms with Gasteiger partial charge in [0.2, 0.25) is 0 Å². The molecule has 0 aliphatic heterocycles. The Kier molecular flexibility index (Phi) is 5.54. The van der Waals surface area contributed by atoms with Gasteiger partial charge in [0, 0.05) is 23.0 Å². The molecule has 1 aliphatic rings. The van der Waals surface area contributed by atoms with E-state index in [1.165, 1.54) is 0 Å². The first-order valence-corrected chi connectivity index (χ1v) is 8.34. The SMILES string of the molecule is COc1cc2c(NC3=CC[CH]C=C3)ncnc2cc1OCCCCl. The zero-order chi connectivity index (χ0) is 16.8. The molecule has 1 radical (unpaired) electrons. The predicted octanol–water partition coefficient (Wildman–Crippen LogP) is 4.11. The van der Waals surface area contributed by atoms with Crippen LogP contribution in [0.4, 0.5) is 5.82 Å². The van der Waals surface area contributed by atoms with E-state index in [4.69, 9.17) is 21.1 Å². The molecule has 3 rings (SSSR count). The van der Waals surface area contributed by atoms with Gasteiger partial charge in [0.25, 0.3) is 0 Å². The van der Waals surface area contributed by atoms with E-state index < -0.39 is 0 Å². The van der Waals surface area contributed by atoms with Crippen molar-refractivity contribution in [1.29, 1.82) is 0 Å². The number of hydrogen-bond acceptors (Lipinski definition) is 5. The predicted molar refractivity (Wildman–Crippen MR) is 96.7 cm³/mol. The standard InChI is InChI=1S/C18H19ClN3O2/c1-23-16-10-14-15(11-17(16)24-9-5-8-19)20-12-21-18(14)22-13-6-3-2-4-7-13/h2-3,6-7,10-12H,4-5,8-9H2,1H3,(H,20,21,22). The van der Waals surface area contributed by atoms with Crippen molar-refractivity contribution in [3.05, 3.63) is 48.8 Å². The number of methoxy groups -OCH3 is 1. The molecule has 1 heterocycles. The summed E-state index contributed by atoms with van der Waals surface area (Å²) in [5.41, 5.74) is 1.81. The van der Waals surface area contributed by atoms with Crippen molar-refractivity contribution in [2.24, 2.45) is 0 Å². The molecule has 0 saturated heterocycles. The highest BCUT2D eigenvalue weighted by atomic mass is 35.5. The molecule has 0 atom stereocenters. The summed E-state index contributed by atoms with van der Waals surface area (Å²) < 4.78 is 11.2. The average Bonchev–Trinajstić information content (AvgIpc) is 2.62. The molecule has 6 heteroatoms. The zero-order valence-electron chi connectivity index (χ0n) is 13.5. The molecular weight excluding hydrogens is 326 g/mol. The molecule has 1 aliphatic carbocycles. The number of benzene rings is 1. The van der Waals surface area contributed by atoms with Crippen molar-refractivity contribution in [3.8, 4) is 11.5 Å². The van der Waals surface area contributed by atoms with E-state index in [1.54, 1.807) is 13.4 Å². The highest BCUT2D eigenvalue weighted by molar-refractivity contribution is 6.17. The molecule has 0 bridgehead atoms. The average molecular weight is 345 g/mol. The molecule has 0 amide bonds. The van der Waals surface area contributed by atoms with Gasteiger partial charge >= 0.3 is 0 Å². The van der Waals surface area contributed by atoms with Gasteiger partial charge in [-0.2, -0.15) is 0 Å². The highest BCUT2D eigenvalue weighted by Gasteiger charge is 2.12. The summed E-state index contributed by atoms with van der Waals surface area (Å²) in [5.74, 6) is 2.61. The molecule has 125 valence electrons. The molecule has 0 unspecified atom stereocenters. The molecule has 5 nitrogen and oxygen atoms in total. The first-order chi connectivity index (χ1) is 11.8. The minimum Gasteiger partial charge on any atom is -0.493 e. The Morgan fingerprint density at radius 3 is 2.92 bits per heavy atom. The minimum absolute atomic E-state index is 0.537. The summed E-state index contributed by atoms with van der Waals surface area (Å²) >= 11 is 5.70. The molecule has 1 N–H and O–H groups in total. The van der Waals surface area contributed by atoms with Crippen molar-refractivity contribution < 1.29 is 9.47 Å². The monoisotopic (exact) mass is 344 g/mol. The van der Waals surface area contributed by atoms with E-state index in [0.717, 1.165) is 35.3 Å². The number of alkyl halides is 1. The van der Waals surface area contributed by atoms with Gasteiger partial charge in [-0.25, -0.2) is 9.97 Å². The largest absolute Gasteiger partial charge is 0.493 e. The van der Waals surface area contributed by atoms with Crippen LogP contribution in [-0.4, -0.2) is 29.6 Å². The Balaban J connectivity index is 1.93. The lowest BCUT2D eigenvalue weighted by molar-refractivity contribution is 0.295. The fourth-order valence-corrected chi connectivity index (χ4v) is 2.52. The topological polar surface area (TPSA) is 56.3 Å². The third-order valence-electron chi connectivity index (χ3n) is 3.60. The van der Waals surface area contributed by atoms with Gasteiger partial charge in [-0.15, -0.1) is 11.6 Å². The maximum Gasteiger partial charge on any atom is 0.163 e. The van der Waals surface area contributed by atoms with Gasteiger partial charge in [-0.1, -0.05) is 12.2 Å². The number of aromatic nitrogens is 2. The number of fused-ring (bicyclic) bond motifs is 1. The fraction of sp³-hybridized carbons (Fsp3) is 0.278. The number of nitrogens with zero attached hydrogens (tertiary/aromatic N) is 2. The van der Waals surface area contributed by atoms with E-state index in [0.29, 0.717) is 24.0 Å². The lowest BCUT2D eigenvalue weighted by Gasteiger charge is -2.14. The fourth-order valence-electron chi connectivity index (χ4n) is 2.42. The van der Waals surface area contributed by atoms with Gasteiger partial charge in [-0.3, -0.25) is 0 Å². The van der Waals surface area contributed by atoms with E-state index in [2.05, 4.69) is 27.8 Å². The van der Waals surface area contributed by atoms with Crippen molar-refractivity contribution >= 4 is 28.3 Å². The van der Waals surface area contributed by atoms with Crippen LogP contribution in [0, 0.1) is 6.42 Å². The number of anilines is 1. The van der Waals surface area contributed by atoms with Crippen molar-refractivity contribution in [3.63, 3.8) is 0 Å². The Labute approximate surface area is 146 Å². The lowest BCUT2D eigenvalue weighted by atomic mass is 10.1. The van der Waals surface area contributed by atoms with E-state index in [-0.39, 0.29) is 0 Å². The third kappa shape index (κ3) is 3.79. The van der Waals surface area contributed by atoms with Crippen molar-refractivity contribution in [2.45, 2.75) is 12.8 Å². The first kappa shape index (κ1) is 16.6. The summed E-state index contributed by atoms with van der Waals surface area (Å²) in [7, 11) is 1.62. The Morgan fingerprint density at radius 2 is 2.17 bits per heavy atom. The third-order valence-corrected chi connectivity index (χ3v) is 3.87. The van der Waals surface area contributed by atoms with Gasteiger partial charge in [0.15, 0.2) is 11.5 Å². The molecule has 1 aromatic carbocycles. The summed E-state index contributed by atoms with van der Waals surface area (Å²) in [6.45, 7) is 0.537. The maximum atomic E-state index is 5.75. The van der Waals surface area contributed by atoms with Crippen LogP contribution in [0.2, 0.25) is 0 Å². The van der Waals surface area contributed by atoms with Crippen LogP contribution < -0.4 is 14.8 Å². The molecule has 0 saturated carbocycles. The van der Waals surface area contributed by atoms with E-state index in [1.807, 2.05) is 24.3 Å². The molecule has 1 aromatic heterocycles.